The highest BCUT2D eigenvalue weighted by molar-refractivity contribution is 5.94. The number of aliphatic hydroxyl groups is 5. The van der Waals surface area contributed by atoms with Gasteiger partial charge in [-0.15, -0.1) is 0 Å². The summed E-state index contributed by atoms with van der Waals surface area (Å²) in [6.45, 7) is 5.41. The van der Waals surface area contributed by atoms with Crippen molar-refractivity contribution in [1.82, 2.24) is 0 Å². The van der Waals surface area contributed by atoms with E-state index in [4.69, 9.17) is 68.2 Å². The highest BCUT2D eigenvalue weighted by atomic mass is 16.6. The lowest BCUT2D eigenvalue weighted by Gasteiger charge is -2.13. The summed E-state index contributed by atoms with van der Waals surface area (Å²) >= 11 is 0. The van der Waals surface area contributed by atoms with Gasteiger partial charge in [0.25, 0.3) is 0 Å². The van der Waals surface area contributed by atoms with Crippen LogP contribution in [0.3, 0.4) is 0 Å². The first-order valence-corrected chi connectivity index (χ1v) is 40.0. The summed E-state index contributed by atoms with van der Waals surface area (Å²) in [4.78, 5) is 126. The first-order chi connectivity index (χ1) is 61.7. The molecule has 5 N–H and O–H groups in total. The van der Waals surface area contributed by atoms with Gasteiger partial charge in [0.05, 0.1) is 101 Å². The quantitative estimate of drug-likeness (QED) is 0.0110. The van der Waals surface area contributed by atoms with E-state index in [0.29, 0.717) is 68.5 Å². The summed E-state index contributed by atoms with van der Waals surface area (Å²) in [7, 11) is 0. The molecule has 27 heteroatoms. The van der Waals surface area contributed by atoms with Gasteiger partial charge in [-0.2, -0.15) is 0 Å². The monoisotopic (exact) mass is 1740 g/mol. The van der Waals surface area contributed by atoms with Gasteiger partial charge in [0.1, 0.15) is 51.8 Å². The number of benzene rings is 11. The lowest BCUT2D eigenvalue weighted by atomic mass is 10.2. The molecule has 0 heterocycles. The molecule has 3 unspecified atom stereocenters. The van der Waals surface area contributed by atoms with Gasteiger partial charge < -0.3 is 77.6 Å². The number of aliphatic hydroxyl groups excluding tert-OH is 5. The van der Waals surface area contributed by atoms with Crippen LogP contribution in [0.15, 0.2) is 340 Å². The Labute approximate surface area is 737 Å². The Morgan fingerprint density at radius 3 is 0.724 bits per heavy atom. The first kappa shape index (κ1) is 104. The zero-order valence-corrected chi connectivity index (χ0v) is 70.5. The van der Waals surface area contributed by atoms with Gasteiger partial charge in [-0.25, -0.2) is 52.7 Å². The van der Waals surface area contributed by atoms with E-state index in [1.165, 1.54) is 6.08 Å². The lowest BCUT2D eigenvalue weighted by Crippen LogP contribution is -2.22. The number of rotatable bonds is 33. The van der Waals surface area contributed by atoms with Gasteiger partial charge in [-0.1, -0.05) is 212 Å². The van der Waals surface area contributed by atoms with Crippen LogP contribution >= 0.6 is 0 Å². The van der Waals surface area contributed by atoms with Crippen molar-refractivity contribution in [1.29, 1.82) is 0 Å². The molecule has 0 radical (unpaired) electrons. The van der Waals surface area contributed by atoms with Crippen LogP contribution in [0.25, 0.3) is 6.08 Å². The summed E-state index contributed by atoms with van der Waals surface area (Å²) in [5.41, 5.74) is 5.91. The fourth-order valence-corrected chi connectivity index (χ4v) is 9.32. The van der Waals surface area contributed by atoms with E-state index >= 15 is 0 Å². The SMILES string of the molecule is CC(CO)OC(=O)c1ccccc1.CC(COC(=O)c1ccccc1)OC(=O)c1ccccc1.CC(O)COC(=O)c1ccccc1.O=C(/C=C/c1ccccc1)OCCO.O=C(OCCCO)c1ccccc1.O=C(OCCCOC(=O)c1ccccc1)c1ccccc1.O=C(OCCO)c1ccccc1.O=C(OCCOC(=O)c1ccccc1)c1ccccc1. The van der Waals surface area contributed by atoms with E-state index in [-0.39, 0.29) is 104 Å². The zero-order chi connectivity index (χ0) is 92.1. The summed E-state index contributed by atoms with van der Waals surface area (Å²) in [5.74, 6) is -4.44. The van der Waals surface area contributed by atoms with Gasteiger partial charge in [-0.3, -0.25) is 0 Å². The molecule has 0 aromatic heterocycles. The standard InChI is InChI=1S/2C17H16O4.C16H14O4.C11H12O3.3C10H12O3.C9H10O3/c1-13(21-17(19)15-10-6-3-7-11-15)12-20-16(18)14-8-4-2-5-9-14;18-16(14-8-3-1-4-9-14)20-12-7-13-21-17(19)15-10-5-2-6-11-15;17-15(13-7-3-1-4-8-13)19-11-12-20-16(18)14-9-5-2-6-10-14;12-8-9-14-11(13)7-6-10-4-2-1-3-5-10;1-8(11)7-13-10(12)9-5-3-2-4-6-9;1-8(7-11)13-10(12)9-5-3-2-4-6-9;11-7-4-8-13-10(12)9-5-2-1-3-6-9;10-6-7-12-9(11)8-4-2-1-3-5-8/h2-11,13H,12H2,1H3;1-6,8-11H,7,12-13H2;1-10H,11-12H2;1-7,12H,8-9H2;2*2-6,8,11H,7H2,1H3;1-3,5-6,11H,4,7-8H2;1-5,10H,6-7H2/b;;;7-6+;;;;. The summed E-state index contributed by atoms with van der Waals surface area (Å²) in [6.07, 6.45) is 2.38. The fraction of sp³-hybridized carbons (Fsp3) is 0.210. The average molecular weight is 1740 g/mol. The van der Waals surface area contributed by atoms with Crippen molar-refractivity contribution in [3.8, 4) is 0 Å². The van der Waals surface area contributed by atoms with Gasteiger partial charge in [0, 0.05) is 25.5 Å². The number of hydrogen-bond donors (Lipinski definition) is 5. The molecule has 11 aromatic rings. The number of carbonyl (C=O) groups excluding carboxylic acids is 11. The number of carbonyl (C=O) groups is 11. The number of hydrogen-bond acceptors (Lipinski definition) is 27. The lowest BCUT2D eigenvalue weighted by molar-refractivity contribution is -0.138. The minimum absolute atomic E-state index is 0.0201. The molecule has 27 nitrogen and oxygen atoms in total. The van der Waals surface area contributed by atoms with E-state index < -0.39 is 66.1 Å². The molecule has 0 saturated carbocycles. The molecule has 0 aliphatic carbocycles. The second kappa shape index (κ2) is 65.8. The summed E-state index contributed by atoms with van der Waals surface area (Å²) in [5, 5.41) is 42.8. The third-order valence-electron chi connectivity index (χ3n) is 15.6. The van der Waals surface area contributed by atoms with Crippen molar-refractivity contribution in [3.63, 3.8) is 0 Å². The number of ether oxygens (including phenoxy) is 11. The van der Waals surface area contributed by atoms with Crippen molar-refractivity contribution in [2.45, 2.75) is 51.9 Å². The maximum atomic E-state index is 11.8. The van der Waals surface area contributed by atoms with Crippen LogP contribution in [-0.4, -0.2) is 195 Å². The molecule has 0 fully saturated rings. The van der Waals surface area contributed by atoms with Crippen LogP contribution in [0.4, 0.5) is 0 Å². The van der Waals surface area contributed by atoms with Crippen LogP contribution in [0, 0.1) is 0 Å². The predicted molar refractivity (Wildman–Crippen MR) is 472 cm³/mol. The minimum Gasteiger partial charge on any atom is -0.462 e. The van der Waals surface area contributed by atoms with Crippen molar-refractivity contribution < 1.29 is 130 Å². The molecule has 0 spiro atoms. The van der Waals surface area contributed by atoms with Gasteiger partial charge >= 0.3 is 65.7 Å². The van der Waals surface area contributed by atoms with E-state index in [0.717, 1.165) is 5.56 Å². The van der Waals surface area contributed by atoms with Crippen molar-refractivity contribution in [2.75, 3.05) is 85.9 Å². The Hall–Kier alpha value is -14.9. The van der Waals surface area contributed by atoms with Crippen LogP contribution in [0.5, 0.6) is 0 Å². The molecule has 0 aliphatic rings. The van der Waals surface area contributed by atoms with Gasteiger partial charge in [0.15, 0.2) is 0 Å². The Morgan fingerprint density at radius 1 is 0.244 bits per heavy atom. The highest BCUT2D eigenvalue weighted by Crippen LogP contribution is 2.12. The van der Waals surface area contributed by atoms with Crippen molar-refractivity contribution in [2.24, 2.45) is 0 Å². The summed E-state index contributed by atoms with van der Waals surface area (Å²) < 4.78 is 54.4. The minimum atomic E-state index is -0.618. The molecule has 0 amide bonds. The molecule has 11 rings (SSSR count). The van der Waals surface area contributed by atoms with Crippen molar-refractivity contribution >= 4 is 71.7 Å². The molecular weight excluding hydrogens is 1630 g/mol. The topological polar surface area (TPSA) is 390 Å². The van der Waals surface area contributed by atoms with Crippen LogP contribution in [-0.2, 0) is 56.9 Å². The smallest absolute Gasteiger partial charge is 0.338 e. The van der Waals surface area contributed by atoms with E-state index in [9.17, 15) is 52.7 Å². The normalized spacial score (nSPS) is 10.6. The maximum absolute atomic E-state index is 11.8. The molecule has 0 aliphatic heterocycles. The third-order valence-corrected chi connectivity index (χ3v) is 15.6. The molecule has 666 valence electrons. The van der Waals surface area contributed by atoms with Crippen LogP contribution in [0.2, 0.25) is 0 Å². The summed E-state index contributed by atoms with van der Waals surface area (Å²) in [6, 6.07) is 96.5. The zero-order valence-electron chi connectivity index (χ0n) is 70.5. The Balaban J connectivity index is 0.000000307. The van der Waals surface area contributed by atoms with Crippen LogP contribution < -0.4 is 0 Å². The van der Waals surface area contributed by atoms with E-state index in [2.05, 4.69) is 9.47 Å². The number of esters is 11. The third kappa shape index (κ3) is 48.0. The molecule has 11 aromatic carbocycles. The molecule has 3 atom stereocenters. The fourth-order valence-electron chi connectivity index (χ4n) is 9.32. The van der Waals surface area contributed by atoms with Gasteiger partial charge in [0.2, 0.25) is 0 Å². The van der Waals surface area contributed by atoms with Gasteiger partial charge in [-0.05, 0) is 154 Å². The highest BCUT2D eigenvalue weighted by Gasteiger charge is 2.17. The van der Waals surface area contributed by atoms with Crippen LogP contribution in [0.1, 0.15) is 143 Å². The Morgan fingerprint density at radius 2 is 0.465 bits per heavy atom. The second-order valence-electron chi connectivity index (χ2n) is 25.9. The molecule has 0 saturated heterocycles. The largest absolute Gasteiger partial charge is 0.462 e. The average Bonchev–Trinajstić information content (AvgIpc) is 0.879. The van der Waals surface area contributed by atoms with E-state index in [1.807, 2.05) is 91.0 Å². The second-order valence-corrected chi connectivity index (χ2v) is 25.9. The van der Waals surface area contributed by atoms with Crippen molar-refractivity contribution in [3.05, 3.63) is 401 Å². The molecular formula is C100H104O27. The molecule has 0 bridgehead atoms. The predicted octanol–water partition coefficient (Wildman–Crippen LogP) is 14.6. The molecule has 127 heavy (non-hydrogen) atoms. The van der Waals surface area contributed by atoms with E-state index in [1.54, 1.807) is 270 Å². The Kier molecular flexibility index (Phi) is 54.1. The maximum Gasteiger partial charge on any atom is 0.338 e. The Bertz CT molecular complexity index is 4800. The first-order valence-electron chi connectivity index (χ1n) is 40.0.